The smallest absolute Gasteiger partial charge is 0.338 e. The number of hydrogen-bond acceptors (Lipinski definition) is 5. The number of benzene rings is 1. The second kappa shape index (κ2) is 6.16. The zero-order valence-electron chi connectivity index (χ0n) is 15.9. The Bertz CT molecular complexity index is 1080. The fourth-order valence-corrected chi connectivity index (χ4v) is 2.50. The first-order chi connectivity index (χ1) is 12.7. The van der Waals surface area contributed by atoms with Gasteiger partial charge in [-0.2, -0.15) is 4.98 Å². The third-order valence-electron chi connectivity index (χ3n) is 3.60. The second-order valence-electron chi connectivity index (χ2n) is 5.37. The molecule has 122 valence electrons. The number of nitrogens with zero attached hydrogens (tertiary/aromatic N) is 2. The molecule has 6 heteroatoms. The Labute approximate surface area is 142 Å². The van der Waals surface area contributed by atoms with Crippen molar-refractivity contribution in [3.05, 3.63) is 58.4 Å². The topological polar surface area (TPSA) is 89.4 Å². The average Bonchev–Trinajstić information content (AvgIpc) is 2.59. The Kier molecular flexibility index (Phi) is 3.15. The third kappa shape index (κ3) is 2.99. The molecule has 0 aliphatic carbocycles. The fraction of sp³-hybridized carbons (Fsp3) is 0.167. The highest BCUT2D eigenvalue weighted by Gasteiger charge is 2.13. The van der Waals surface area contributed by atoms with Crippen molar-refractivity contribution < 1.29 is 13.3 Å². The molecular weight excluding hydrogens is 306 g/mol. The number of carbonyl (C=O) groups excluding carboxylic acids is 1. The number of pyridine rings is 1. The molecule has 2 heterocycles. The number of hydrogen-bond donors (Lipinski definition) is 1. The lowest BCUT2D eigenvalue weighted by molar-refractivity contribution is -0.116. The number of rotatable bonds is 4. The summed E-state index contributed by atoms with van der Waals surface area (Å²) in [6.07, 6.45) is 0. The molecule has 1 aromatic carbocycles. The first-order valence-electron chi connectivity index (χ1n) is 8.71. The first-order valence-corrected chi connectivity index (χ1v) is 7.21. The van der Waals surface area contributed by atoms with Gasteiger partial charge in [0.1, 0.15) is 5.82 Å². The molecule has 0 unspecified atom stereocenters. The van der Waals surface area contributed by atoms with Crippen LogP contribution < -0.4 is 16.3 Å². The zero-order valence-corrected chi connectivity index (χ0v) is 12.9. The van der Waals surface area contributed by atoms with Crippen molar-refractivity contribution in [1.82, 2.24) is 4.98 Å². The first kappa shape index (κ1) is 12.3. The van der Waals surface area contributed by atoms with Crippen LogP contribution in [0.1, 0.15) is 9.68 Å². The number of likely N-dealkylation sites (N-methyl/N-ethyl adjacent to an activating group) is 1. The van der Waals surface area contributed by atoms with Crippen molar-refractivity contribution in [1.29, 1.82) is 0 Å². The summed E-state index contributed by atoms with van der Waals surface area (Å²) in [5, 5.41) is 0.488. The molecule has 0 atom stereocenters. The van der Waals surface area contributed by atoms with E-state index < -0.39 is 18.4 Å². The molecule has 6 nitrogen and oxygen atoms in total. The van der Waals surface area contributed by atoms with Gasteiger partial charge in [0.2, 0.25) is 11.6 Å². The van der Waals surface area contributed by atoms with E-state index in [4.69, 9.17) is 14.3 Å². The summed E-state index contributed by atoms with van der Waals surface area (Å²) in [6, 6.07) is 11.0. The molecule has 0 saturated carbocycles. The molecule has 3 rings (SSSR count). The normalized spacial score (nSPS) is 13.1. The Hall–Kier alpha value is -3.15. The van der Waals surface area contributed by atoms with Crippen LogP contribution in [0, 0.1) is 6.85 Å². The van der Waals surface area contributed by atoms with Crippen LogP contribution in [0.15, 0.2) is 51.7 Å². The minimum atomic E-state index is -2.34. The number of aryl methyl sites for hydroxylation is 1. The molecule has 0 spiro atoms. The van der Waals surface area contributed by atoms with Crippen LogP contribution in [0.2, 0.25) is 0 Å². The molecule has 0 aliphatic heterocycles. The molecule has 2 N–H and O–H groups in total. The average molecular weight is 326 g/mol. The summed E-state index contributed by atoms with van der Waals surface area (Å²) < 4.78 is 28.4. The highest BCUT2D eigenvalue weighted by Crippen LogP contribution is 2.29. The van der Waals surface area contributed by atoms with Crippen molar-refractivity contribution in [2.24, 2.45) is 5.73 Å². The predicted octanol–water partition coefficient (Wildman–Crippen LogP) is 2.08. The van der Waals surface area contributed by atoms with Crippen LogP contribution in [0.5, 0.6) is 0 Å². The van der Waals surface area contributed by atoms with E-state index in [2.05, 4.69) is 4.98 Å². The molecular formula is C18H17N3O3. The summed E-state index contributed by atoms with van der Waals surface area (Å²) in [5.74, 6) is -0.132. The van der Waals surface area contributed by atoms with E-state index in [0.29, 0.717) is 22.3 Å². The number of aromatic nitrogens is 1. The van der Waals surface area contributed by atoms with E-state index in [1.165, 1.54) is 17.0 Å². The van der Waals surface area contributed by atoms with Gasteiger partial charge in [-0.25, -0.2) is 4.79 Å². The maximum absolute atomic E-state index is 12.1. The van der Waals surface area contributed by atoms with E-state index in [0.717, 1.165) is 0 Å². The van der Waals surface area contributed by atoms with Gasteiger partial charge < -0.3 is 15.1 Å². The van der Waals surface area contributed by atoms with Gasteiger partial charge in [0.25, 0.3) is 0 Å². The summed E-state index contributed by atoms with van der Waals surface area (Å²) in [4.78, 5) is 29.0. The van der Waals surface area contributed by atoms with Gasteiger partial charge in [0.15, 0.2) is 0 Å². The van der Waals surface area contributed by atoms with Crippen LogP contribution in [0.3, 0.4) is 0 Å². The van der Waals surface area contributed by atoms with Crippen molar-refractivity contribution in [2.75, 3.05) is 18.5 Å². The molecule has 0 saturated heterocycles. The number of amides is 1. The highest BCUT2D eigenvalue weighted by atomic mass is 16.4. The summed E-state index contributed by atoms with van der Waals surface area (Å²) in [7, 11) is 1.63. The third-order valence-corrected chi connectivity index (χ3v) is 3.60. The summed E-state index contributed by atoms with van der Waals surface area (Å²) >= 11 is 0. The lowest BCUT2D eigenvalue weighted by atomic mass is 9.99. The maximum atomic E-state index is 12.1. The molecule has 1 amide bonds. The van der Waals surface area contributed by atoms with Gasteiger partial charge in [-0.05, 0) is 30.1 Å². The van der Waals surface area contributed by atoms with E-state index in [9.17, 15) is 9.59 Å². The van der Waals surface area contributed by atoms with Gasteiger partial charge in [-0.1, -0.05) is 24.3 Å². The van der Waals surface area contributed by atoms with E-state index in [-0.39, 0.29) is 17.8 Å². The Morgan fingerprint density at radius 3 is 2.83 bits per heavy atom. The lowest BCUT2D eigenvalue weighted by Crippen LogP contribution is -2.31. The number of carbonyl (C=O) groups is 1. The maximum Gasteiger partial charge on any atom is 0.338 e. The van der Waals surface area contributed by atoms with Crippen LogP contribution in [0.4, 0.5) is 5.82 Å². The summed E-state index contributed by atoms with van der Waals surface area (Å²) in [6.45, 7) is -2.39. The van der Waals surface area contributed by atoms with Crippen molar-refractivity contribution in [3.63, 3.8) is 0 Å². The lowest BCUT2D eigenvalue weighted by Gasteiger charge is -2.16. The largest absolute Gasteiger partial charge is 0.404 e. The molecule has 0 radical (unpaired) electrons. The summed E-state index contributed by atoms with van der Waals surface area (Å²) in [5.41, 5.74) is 5.55. The standard InChI is InChI=1S/C18H17N3O3/c1-11-5-3-4-6-12(11)14-9-17(23)24-18-13(14)7-8-16(20-18)21(2)10-15(19)22/h3-9H,10H2,1-2H3,(H2,19,22)/i1D3. The Morgan fingerprint density at radius 1 is 1.29 bits per heavy atom. The van der Waals surface area contributed by atoms with Crippen LogP contribution in [0.25, 0.3) is 22.2 Å². The van der Waals surface area contributed by atoms with Gasteiger partial charge in [-0.3, -0.25) is 4.79 Å². The monoisotopic (exact) mass is 326 g/mol. The molecule has 0 aliphatic rings. The van der Waals surface area contributed by atoms with E-state index >= 15 is 0 Å². The van der Waals surface area contributed by atoms with E-state index in [1.807, 2.05) is 0 Å². The SMILES string of the molecule is [2H]C([2H])([2H])c1ccccc1-c1cc(=O)oc2nc(N(C)CC(N)=O)ccc12. The predicted molar refractivity (Wildman–Crippen MR) is 92.9 cm³/mol. The molecule has 2 aromatic heterocycles. The van der Waals surface area contributed by atoms with Crippen molar-refractivity contribution >= 4 is 22.8 Å². The van der Waals surface area contributed by atoms with E-state index in [1.54, 1.807) is 37.4 Å². The number of anilines is 1. The van der Waals surface area contributed by atoms with Crippen molar-refractivity contribution in [3.8, 4) is 11.1 Å². The fourth-order valence-electron chi connectivity index (χ4n) is 2.50. The van der Waals surface area contributed by atoms with Crippen molar-refractivity contribution in [2.45, 2.75) is 6.85 Å². The van der Waals surface area contributed by atoms with Gasteiger partial charge >= 0.3 is 5.63 Å². The highest BCUT2D eigenvalue weighted by molar-refractivity contribution is 5.93. The van der Waals surface area contributed by atoms with Crippen LogP contribution in [-0.2, 0) is 4.79 Å². The van der Waals surface area contributed by atoms with Crippen LogP contribution >= 0.6 is 0 Å². The minimum absolute atomic E-state index is 0.0478. The number of primary amides is 1. The molecule has 24 heavy (non-hydrogen) atoms. The molecule has 3 aromatic rings. The molecule has 0 fully saturated rings. The van der Waals surface area contributed by atoms with Gasteiger partial charge in [0, 0.05) is 28.2 Å². The zero-order chi connectivity index (χ0) is 19.8. The molecule has 0 bridgehead atoms. The second-order valence-corrected chi connectivity index (χ2v) is 5.37. The van der Waals surface area contributed by atoms with Gasteiger partial charge in [-0.15, -0.1) is 0 Å². The minimum Gasteiger partial charge on any atom is -0.404 e. The Morgan fingerprint density at radius 2 is 2.08 bits per heavy atom. The van der Waals surface area contributed by atoms with Gasteiger partial charge in [0.05, 0.1) is 6.54 Å². The number of nitrogens with two attached hydrogens (primary N) is 1. The number of fused-ring (bicyclic) bond motifs is 1. The quantitative estimate of drug-likeness (QED) is 0.793. The van der Waals surface area contributed by atoms with Crippen LogP contribution in [-0.4, -0.2) is 24.5 Å². The Balaban J connectivity index is 2.22.